The Labute approximate surface area is 770 Å². The molecule has 10 aromatic carbocycles. The molecule has 38 nitrogen and oxygen atoms in total. The van der Waals surface area contributed by atoms with Gasteiger partial charge in [0.05, 0.1) is 74.6 Å². The van der Waals surface area contributed by atoms with Gasteiger partial charge in [-0.05, 0) is 170 Å². The number of hydrogen-bond acceptors (Lipinski definition) is 32. The van der Waals surface area contributed by atoms with Crippen molar-refractivity contribution in [2.24, 2.45) is 11.8 Å². The lowest BCUT2D eigenvalue weighted by atomic mass is 9.81. The molecule has 44 heteroatoms. The molecule has 17 rings (SSSR count). The van der Waals surface area contributed by atoms with Gasteiger partial charge in [0, 0.05) is 35.3 Å². The first-order chi connectivity index (χ1) is 63.9. The number of carbonyl (C=O) groups is 13. The maximum Gasteiger partial charge on any atom is 0.338 e. The zero-order valence-electron chi connectivity index (χ0n) is 70.1. The van der Waals surface area contributed by atoms with Gasteiger partial charge in [-0.2, -0.15) is 50.5 Å². The smallest absolute Gasteiger partial charge is 0.338 e. The fraction of sp³-hybridized carbons (Fsp3) is 0.0879. The Kier molecular flexibility index (Phi) is 29.8. The van der Waals surface area contributed by atoms with Crippen LogP contribution in [0.25, 0.3) is 29.0 Å². The van der Waals surface area contributed by atoms with Crippen molar-refractivity contribution in [1.82, 2.24) is 30.4 Å². The van der Waals surface area contributed by atoms with E-state index in [4.69, 9.17) is 21.9 Å². The molecule has 1 aliphatic carbocycles. The number of aryl methyl sites for hydroxylation is 1. The van der Waals surface area contributed by atoms with Crippen LogP contribution in [0.3, 0.4) is 0 Å². The van der Waals surface area contributed by atoms with Crippen molar-refractivity contribution in [3.8, 4) is 5.75 Å². The average Bonchev–Trinajstić information content (AvgIpc) is 1.64. The lowest BCUT2D eigenvalue weighted by Gasteiger charge is -2.25. The van der Waals surface area contributed by atoms with E-state index in [1.54, 1.807) is 116 Å². The summed E-state index contributed by atoms with van der Waals surface area (Å²) in [5.41, 5.74) is 4.00. The molecule has 6 heterocycles. The summed E-state index contributed by atoms with van der Waals surface area (Å²) in [6, 6.07) is 56.9. The summed E-state index contributed by atoms with van der Waals surface area (Å²) in [6.07, 6.45) is 11.4. The number of hydrogen-bond donors (Lipinski definition) is 0. The van der Waals surface area contributed by atoms with E-state index < -0.39 is 149 Å². The molecule has 6 aliphatic heterocycles. The van der Waals surface area contributed by atoms with Gasteiger partial charge in [0.15, 0.2) is 0 Å². The largest absolute Gasteiger partial charge is 0.423 e. The van der Waals surface area contributed by atoms with Crippen molar-refractivity contribution in [3.63, 3.8) is 0 Å². The van der Waals surface area contributed by atoms with Gasteiger partial charge in [-0.25, -0.2) is 4.79 Å². The predicted molar refractivity (Wildman–Crippen MR) is 471 cm³/mol. The summed E-state index contributed by atoms with van der Waals surface area (Å²) < 4.78 is 179. The molecular formula is C91H70N6O32S6. The molecule has 1 saturated carbocycles. The molecule has 2 atom stereocenters. The Morgan fingerprint density at radius 1 is 0.311 bits per heavy atom. The van der Waals surface area contributed by atoms with Crippen molar-refractivity contribution in [1.29, 1.82) is 0 Å². The lowest BCUT2D eigenvalue weighted by Crippen LogP contribution is -2.41. The fourth-order valence-electron chi connectivity index (χ4n) is 13.0. The van der Waals surface area contributed by atoms with Gasteiger partial charge >= 0.3 is 66.7 Å². The fourth-order valence-corrected chi connectivity index (χ4v) is 18.4. The van der Waals surface area contributed by atoms with E-state index in [0.717, 1.165) is 71.5 Å². The van der Waals surface area contributed by atoms with Crippen molar-refractivity contribution >= 4 is 167 Å². The molecule has 0 N–H and O–H groups in total. The highest BCUT2D eigenvalue weighted by atomic mass is 32.2. The van der Waals surface area contributed by atoms with Crippen molar-refractivity contribution in [2.45, 2.75) is 68.9 Å². The van der Waals surface area contributed by atoms with Gasteiger partial charge in [-0.1, -0.05) is 178 Å². The maximum absolute atomic E-state index is 12.7. The topological polar surface area (TPSA) is 511 Å². The molecule has 2 unspecified atom stereocenters. The van der Waals surface area contributed by atoms with Gasteiger partial charge in [0.2, 0.25) is 0 Å². The van der Waals surface area contributed by atoms with Crippen LogP contribution in [0.1, 0.15) is 117 Å². The minimum atomic E-state index is -4.46. The number of nitrogens with zero attached hydrogens (tertiary/aromatic N) is 6. The number of benzene rings is 10. The molecule has 0 spiro atoms. The van der Waals surface area contributed by atoms with Crippen LogP contribution < -0.4 is 4.74 Å². The van der Waals surface area contributed by atoms with Crippen LogP contribution in [-0.2, 0) is 120 Å². The summed E-state index contributed by atoms with van der Waals surface area (Å²) >= 11 is 0. The van der Waals surface area contributed by atoms with Crippen LogP contribution in [0.2, 0.25) is 0 Å². The molecule has 1 saturated heterocycles. The van der Waals surface area contributed by atoms with Crippen LogP contribution in [-0.4, -0.2) is 158 Å². The standard InChI is InChI=1S/C20H13NO5S.C18H13NO7S.C16H17NO5S.C16H11NO5S.C11H9NO5S.C10H7NO5S/c1-2-13-9-11-15(12-10-13)27(24,25)26-21-19(22)16-7-3-5-14-6-4-8-17(18(14)16)20(21)23;1-11(2)18(22)25-12-7-9-13(10-8-12)27(23,24)26-19-16(20)14-5-3-4-6-15(14)17(19)21;2*1-2-11-7-9-12(10-8-11)23(20,21)22-17-15(18)13-5-3-4-6-14(13)16(17)19;1-8-2-4-9(5-3-8)18(15,16)17-12-10(13)6-7-11(12)14;12-9-6-7-10(13)11(9)16-17(14,15)8-4-2-1-3-5-8/h2-12H,1H2;3-10H,1H2,2H3;2,7-10,13-14H,1,3-6H2;2-10H,1H2;2-7H,1H3;1-7H. The van der Waals surface area contributed by atoms with E-state index in [1.807, 2.05) is 0 Å². The number of imide groups is 6. The molecule has 0 bridgehead atoms. The van der Waals surface area contributed by atoms with Crippen LogP contribution in [0.4, 0.5) is 0 Å². The molecule has 0 radical (unpaired) electrons. The van der Waals surface area contributed by atoms with Gasteiger partial charge < -0.3 is 4.74 Å². The number of carbonyl (C=O) groups excluding carboxylic acids is 13. The summed E-state index contributed by atoms with van der Waals surface area (Å²) in [5.74, 6) is -10.9. The minimum Gasteiger partial charge on any atom is -0.423 e. The number of amides is 12. The zero-order chi connectivity index (χ0) is 98.0. The lowest BCUT2D eigenvalue weighted by molar-refractivity contribution is -0.166. The van der Waals surface area contributed by atoms with Crippen LogP contribution in [0.15, 0.2) is 322 Å². The molecule has 12 amide bonds. The zero-order valence-corrected chi connectivity index (χ0v) is 75.0. The quantitative estimate of drug-likeness (QED) is 0.0248. The molecule has 2 fully saturated rings. The first-order valence-corrected chi connectivity index (χ1v) is 47.7. The molecule has 135 heavy (non-hydrogen) atoms. The van der Waals surface area contributed by atoms with E-state index in [2.05, 4.69) is 34.9 Å². The van der Waals surface area contributed by atoms with Gasteiger partial charge in [0.25, 0.3) is 70.9 Å². The number of fused-ring (bicyclic) bond motifs is 3. The van der Waals surface area contributed by atoms with Crippen molar-refractivity contribution in [2.75, 3.05) is 0 Å². The minimum absolute atomic E-state index is 0.0553. The number of hydroxylamine groups is 12. The first kappa shape index (κ1) is 98.7. The van der Waals surface area contributed by atoms with Gasteiger partial charge in [-0.3, -0.25) is 57.5 Å². The third kappa shape index (κ3) is 22.2. The summed E-state index contributed by atoms with van der Waals surface area (Å²) in [4.78, 5) is 154. The summed E-state index contributed by atoms with van der Waals surface area (Å²) in [6.45, 7) is 17.5. The molecule has 10 aromatic rings. The Balaban J connectivity index is 0.000000147. The van der Waals surface area contributed by atoms with Crippen LogP contribution in [0, 0.1) is 18.8 Å². The highest BCUT2D eigenvalue weighted by molar-refractivity contribution is 7.88. The highest BCUT2D eigenvalue weighted by Crippen LogP contribution is 2.40. The number of rotatable bonds is 23. The summed E-state index contributed by atoms with van der Waals surface area (Å²) in [5, 5.41) is 2.82. The third-order valence-corrected chi connectivity index (χ3v) is 27.0. The molecule has 692 valence electrons. The average molecular weight is 1950 g/mol. The second-order valence-electron chi connectivity index (χ2n) is 28.8. The Morgan fingerprint density at radius 3 is 0.859 bits per heavy atom. The molecule has 7 aliphatic rings. The van der Waals surface area contributed by atoms with E-state index in [9.17, 15) is 113 Å². The molecular weight excluding hydrogens is 1880 g/mol. The van der Waals surface area contributed by atoms with E-state index in [1.165, 1.54) is 140 Å². The summed E-state index contributed by atoms with van der Waals surface area (Å²) in [7, 11) is -25.7. The number of ether oxygens (including phenoxy) is 1. The van der Waals surface area contributed by atoms with Crippen LogP contribution in [0.5, 0.6) is 5.75 Å². The second kappa shape index (κ2) is 40.8. The number of esters is 1. The molecule has 0 aromatic heterocycles. The first-order valence-electron chi connectivity index (χ1n) is 39.2. The second-order valence-corrected chi connectivity index (χ2v) is 38.0. The Bertz CT molecular complexity index is 7240. The van der Waals surface area contributed by atoms with E-state index in [-0.39, 0.29) is 94.3 Å². The van der Waals surface area contributed by atoms with Crippen molar-refractivity contribution in [3.05, 3.63) is 348 Å². The van der Waals surface area contributed by atoms with Gasteiger partial charge in [0.1, 0.15) is 5.75 Å². The maximum atomic E-state index is 12.7. The highest BCUT2D eigenvalue weighted by Gasteiger charge is 2.51. The Hall–Kier alpha value is -15.3. The van der Waals surface area contributed by atoms with E-state index in [0.29, 0.717) is 33.7 Å². The SMILES string of the molecule is C=C(C)C(=O)Oc1ccc(S(=O)(=O)ON2C(=O)c3ccccc3C2=O)cc1.C=Cc1ccc(S(=O)(=O)ON2C(=O)C3CCCCC3C2=O)cc1.C=Cc1ccc(S(=O)(=O)ON2C(=O)c3cccc4cccc(c34)C2=O)cc1.C=Cc1ccc(S(=O)(=O)ON2C(=O)c3ccccc3C2=O)cc1.Cc1ccc(S(=O)(=O)ON2C(=O)C=CC2=O)cc1.O=C1C=CC(=O)N1OS(=O)(=O)c1ccccc1. The predicted octanol–water partition coefficient (Wildman–Crippen LogP) is 10.6. The van der Waals surface area contributed by atoms with E-state index >= 15 is 0 Å². The Morgan fingerprint density at radius 2 is 0.563 bits per heavy atom. The van der Waals surface area contributed by atoms with Crippen LogP contribution >= 0.6 is 0 Å². The van der Waals surface area contributed by atoms with Gasteiger partial charge in [-0.15, -0.1) is 56.1 Å². The normalized spacial score (nSPS) is 16.1. The monoisotopic (exact) mass is 1950 g/mol. The third-order valence-electron chi connectivity index (χ3n) is 19.8. The van der Waals surface area contributed by atoms with Crippen molar-refractivity contribution < 1.29 is 143 Å².